The van der Waals surface area contributed by atoms with E-state index in [1.807, 2.05) is 12.3 Å². The number of aromatic nitrogens is 1. The molecular formula is C15H12N2O3S. The average Bonchev–Trinajstić information content (AvgIpc) is 3.06. The summed E-state index contributed by atoms with van der Waals surface area (Å²) in [5.41, 5.74) is 1.69. The van der Waals surface area contributed by atoms with Gasteiger partial charge in [0.25, 0.3) is 0 Å². The van der Waals surface area contributed by atoms with Crippen LogP contribution in [0.3, 0.4) is 0 Å². The maximum atomic E-state index is 11.8. The van der Waals surface area contributed by atoms with E-state index in [1.165, 1.54) is 11.3 Å². The summed E-state index contributed by atoms with van der Waals surface area (Å²) in [7, 11) is 1.60. The predicted molar refractivity (Wildman–Crippen MR) is 80.5 cm³/mol. The highest BCUT2D eigenvalue weighted by molar-refractivity contribution is 7.09. The fourth-order valence-electron chi connectivity index (χ4n) is 1.85. The van der Waals surface area contributed by atoms with Gasteiger partial charge < -0.3 is 9.47 Å². The molecule has 106 valence electrons. The van der Waals surface area contributed by atoms with Gasteiger partial charge in [-0.1, -0.05) is 0 Å². The molecule has 1 aromatic heterocycles. The Morgan fingerprint density at radius 1 is 1.29 bits per heavy atom. The minimum Gasteiger partial charge on any atom is -0.497 e. The average molecular weight is 300 g/mol. The Kier molecular flexibility index (Phi) is 3.53. The number of nitrogens with zero attached hydrogens (tertiary/aromatic N) is 2. The Bertz CT molecular complexity index is 745. The monoisotopic (exact) mass is 300 g/mol. The number of hydrogen-bond acceptors (Lipinski definition) is 6. The zero-order chi connectivity index (χ0) is 14.8. The van der Waals surface area contributed by atoms with Crippen LogP contribution in [0.15, 0.2) is 40.3 Å². The number of thiazole rings is 1. The molecule has 0 unspecified atom stereocenters. The number of hydrogen-bond donors (Lipinski definition) is 0. The maximum absolute atomic E-state index is 11.8. The summed E-state index contributed by atoms with van der Waals surface area (Å²) in [4.78, 5) is 20.3. The predicted octanol–water partition coefficient (Wildman–Crippen LogP) is 2.80. The van der Waals surface area contributed by atoms with E-state index in [2.05, 4.69) is 9.98 Å². The van der Waals surface area contributed by atoms with Crippen molar-refractivity contribution in [3.63, 3.8) is 0 Å². The second-order valence-electron chi connectivity index (χ2n) is 4.36. The van der Waals surface area contributed by atoms with Crippen LogP contribution in [-0.2, 0) is 9.53 Å². The van der Waals surface area contributed by atoms with Gasteiger partial charge in [0, 0.05) is 10.9 Å². The smallest absolute Gasteiger partial charge is 0.363 e. The van der Waals surface area contributed by atoms with Crippen molar-refractivity contribution in [2.24, 2.45) is 4.99 Å². The molecule has 0 saturated carbocycles. The summed E-state index contributed by atoms with van der Waals surface area (Å²) in [6.07, 6.45) is 1.63. The number of cyclic esters (lactones) is 1. The third-order valence-electron chi connectivity index (χ3n) is 2.88. The van der Waals surface area contributed by atoms with E-state index in [-0.39, 0.29) is 5.70 Å². The van der Waals surface area contributed by atoms with Crippen LogP contribution in [0.4, 0.5) is 0 Å². The third kappa shape index (κ3) is 2.85. The van der Waals surface area contributed by atoms with E-state index in [0.717, 1.165) is 16.3 Å². The molecule has 1 aromatic carbocycles. The molecule has 2 heterocycles. The Morgan fingerprint density at radius 2 is 2.05 bits per heavy atom. The zero-order valence-corrected chi connectivity index (χ0v) is 12.3. The molecule has 1 aliphatic heterocycles. The molecule has 21 heavy (non-hydrogen) atoms. The fourth-order valence-corrected chi connectivity index (χ4v) is 2.42. The first kappa shape index (κ1) is 13.5. The second kappa shape index (κ2) is 5.49. The lowest BCUT2D eigenvalue weighted by atomic mass is 10.2. The number of ether oxygens (including phenoxy) is 2. The number of aliphatic imine (C=N–C) groups is 1. The normalized spacial score (nSPS) is 16.0. The van der Waals surface area contributed by atoms with Gasteiger partial charge in [-0.15, -0.1) is 11.3 Å². The summed E-state index contributed by atoms with van der Waals surface area (Å²) < 4.78 is 10.3. The van der Waals surface area contributed by atoms with E-state index in [9.17, 15) is 4.79 Å². The minimum absolute atomic E-state index is 0.256. The van der Waals surface area contributed by atoms with Crippen molar-refractivity contribution in [1.29, 1.82) is 0 Å². The Hall–Kier alpha value is -2.47. The molecule has 0 atom stereocenters. The first-order valence-electron chi connectivity index (χ1n) is 6.25. The van der Waals surface area contributed by atoms with Gasteiger partial charge in [-0.3, -0.25) is 0 Å². The summed E-state index contributed by atoms with van der Waals surface area (Å²) >= 11 is 1.52. The van der Waals surface area contributed by atoms with E-state index < -0.39 is 5.97 Å². The van der Waals surface area contributed by atoms with E-state index >= 15 is 0 Å². The van der Waals surface area contributed by atoms with Gasteiger partial charge >= 0.3 is 5.97 Å². The number of rotatable bonds is 3. The van der Waals surface area contributed by atoms with Crippen LogP contribution < -0.4 is 4.74 Å². The van der Waals surface area contributed by atoms with Crippen LogP contribution in [0, 0.1) is 6.92 Å². The van der Waals surface area contributed by atoms with Crippen LogP contribution in [0.5, 0.6) is 5.75 Å². The number of carbonyl (C=O) groups excluding carboxylic acids is 1. The Morgan fingerprint density at radius 3 is 2.67 bits per heavy atom. The van der Waals surface area contributed by atoms with Gasteiger partial charge in [-0.05, 0) is 37.3 Å². The molecule has 0 bridgehead atoms. The lowest BCUT2D eigenvalue weighted by molar-refractivity contribution is -0.129. The molecule has 0 radical (unpaired) electrons. The van der Waals surface area contributed by atoms with Crippen molar-refractivity contribution < 1.29 is 14.3 Å². The van der Waals surface area contributed by atoms with Crippen molar-refractivity contribution in [2.45, 2.75) is 6.92 Å². The topological polar surface area (TPSA) is 60.8 Å². The highest BCUT2D eigenvalue weighted by Gasteiger charge is 2.24. The molecule has 0 amide bonds. The second-order valence-corrected chi connectivity index (χ2v) is 5.42. The first-order valence-corrected chi connectivity index (χ1v) is 7.13. The molecular weight excluding hydrogens is 288 g/mol. The quantitative estimate of drug-likeness (QED) is 0.646. The summed E-state index contributed by atoms with van der Waals surface area (Å²) in [5, 5.41) is 2.81. The van der Waals surface area contributed by atoms with Crippen molar-refractivity contribution in [1.82, 2.24) is 4.98 Å². The number of methoxy groups -OCH3 is 1. The molecule has 0 N–H and O–H groups in total. The summed E-state index contributed by atoms with van der Waals surface area (Å²) in [6.45, 7) is 1.91. The van der Waals surface area contributed by atoms with Crippen LogP contribution in [0.1, 0.15) is 16.3 Å². The highest BCUT2D eigenvalue weighted by atomic mass is 32.1. The van der Waals surface area contributed by atoms with Gasteiger partial charge in [0.2, 0.25) is 5.90 Å². The fraction of sp³-hybridized carbons (Fsp3) is 0.133. The van der Waals surface area contributed by atoms with Crippen LogP contribution in [0.25, 0.3) is 6.08 Å². The Balaban J connectivity index is 1.89. The van der Waals surface area contributed by atoms with Gasteiger partial charge in [-0.2, -0.15) is 0 Å². The molecule has 0 spiro atoms. The minimum atomic E-state index is -0.466. The van der Waals surface area contributed by atoms with Gasteiger partial charge in [0.1, 0.15) is 5.75 Å². The van der Waals surface area contributed by atoms with Gasteiger partial charge in [-0.25, -0.2) is 14.8 Å². The lowest BCUT2D eigenvalue weighted by Gasteiger charge is -2.01. The van der Waals surface area contributed by atoms with Crippen molar-refractivity contribution in [2.75, 3.05) is 7.11 Å². The van der Waals surface area contributed by atoms with Crippen molar-refractivity contribution in [3.05, 3.63) is 51.6 Å². The highest BCUT2D eigenvalue weighted by Crippen LogP contribution is 2.21. The molecule has 0 saturated heterocycles. The molecule has 6 heteroatoms. The van der Waals surface area contributed by atoms with E-state index in [0.29, 0.717) is 11.6 Å². The summed E-state index contributed by atoms with van der Waals surface area (Å²) in [5.74, 6) is 0.560. The SMILES string of the molecule is COc1ccc(C2=NC(=Cc3csc(C)n3)C(=O)O2)cc1. The van der Waals surface area contributed by atoms with Gasteiger partial charge in [0.05, 0.1) is 17.8 Å². The number of carbonyl (C=O) groups is 1. The lowest BCUT2D eigenvalue weighted by Crippen LogP contribution is -2.05. The standard InChI is InChI=1S/C15H12N2O3S/c1-9-16-11(8-21-9)7-13-15(18)20-14(17-13)10-3-5-12(19-2)6-4-10/h3-8H,1-2H3. The Labute approximate surface area is 125 Å². The van der Waals surface area contributed by atoms with Crippen molar-refractivity contribution in [3.8, 4) is 5.75 Å². The largest absolute Gasteiger partial charge is 0.497 e. The maximum Gasteiger partial charge on any atom is 0.363 e. The van der Waals surface area contributed by atoms with Crippen LogP contribution in [-0.4, -0.2) is 24.0 Å². The third-order valence-corrected chi connectivity index (χ3v) is 3.67. The molecule has 5 nitrogen and oxygen atoms in total. The number of esters is 1. The molecule has 0 aliphatic carbocycles. The molecule has 3 rings (SSSR count). The van der Waals surface area contributed by atoms with E-state index in [4.69, 9.17) is 9.47 Å². The summed E-state index contributed by atoms with van der Waals surface area (Å²) in [6, 6.07) is 7.16. The first-order chi connectivity index (χ1) is 10.2. The van der Waals surface area contributed by atoms with E-state index in [1.54, 1.807) is 37.5 Å². The van der Waals surface area contributed by atoms with Gasteiger partial charge in [0.15, 0.2) is 5.70 Å². The molecule has 0 fully saturated rings. The zero-order valence-electron chi connectivity index (χ0n) is 11.5. The molecule has 1 aliphatic rings. The number of benzene rings is 1. The number of aryl methyl sites for hydroxylation is 1. The van der Waals surface area contributed by atoms with Crippen molar-refractivity contribution >= 4 is 29.3 Å². The van der Waals surface area contributed by atoms with Crippen LogP contribution in [0.2, 0.25) is 0 Å². The van der Waals surface area contributed by atoms with Crippen LogP contribution >= 0.6 is 11.3 Å². The molecule has 2 aromatic rings.